The Hall–Kier alpha value is -3.86. The molecule has 4 rings (SSSR count). The van der Waals surface area contributed by atoms with Gasteiger partial charge in [-0.1, -0.05) is 6.07 Å². The number of carbonyl (C=O) groups excluding carboxylic acids is 1. The van der Waals surface area contributed by atoms with Crippen molar-refractivity contribution in [2.75, 3.05) is 10.6 Å². The van der Waals surface area contributed by atoms with Crippen molar-refractivity contribution in [2.24, 2.45) is 7.05 Å². The van der Waals surface area contributed by atoms with E-state index in [-0.39, 0.29) is 35.4 Å². The second-order valence-electron chi connectivity index (χ2n) is 6.74. The van der Waals surface area contributed by atoms with Crippen molar-refractivity contribution in [2.45, 2.75) is 6.18 Å². The SMILES string of the molecule is Cl.Cn1ccc2ncnc(Oc3ccc(NC(=O)Nc4cccc(C(F)(F)F)c4)c(F)c3)c21. The molecule has 33 heavy (non-hydrogen) atoms. The summed E-state index contributed by atoms with van der Waals surface area (Å²) in [6.45, 7) is 0. The minimum absolute atomic E-state index is 0. The van der Waals surface area contributed by atoms with Crippen molar-refractivity contribution in [3.05, 3.63) is 72.4 Å². The number of aryl methyl sites for hydroxylation is 1. The van der Waals surface area contributed by atoms with Crippen molar-refractivity contribution < 1.29 is 27.1 Å². The number of carbonyl (C=O) groups is 1. The highest BCUT2D eigenvalue weighted by atomic mass is 35.5. The number of nitrogens with one attached hydrogen (secondary N) is 2. The molecule has 0 atom stereocenters. The molecule has 0 fully saturated rings. The molecule has 2 amide bonds. The molecular weight excluding hydrogens is 466 g/mol. The molecule has 0 saturated heterocycles. The predicted octanol–water partition coefficient (Wildman–Crippen LogP) is 5.98. The number of alkyl halides is 3. The third-order valence-electron chi connectivity index (χ3n) is 4.48. The van der Waals surface area contributed by atoms with E-state index in [4.69, 9.17) is 4.74 Å². The molecule has 12 heteroatoms. The topological polar surface area (TPSA) is 81.1 Å². The van der Waals surface area contributed by atoms with Crippen LogP contribution in [0.1, 0.15) is 5.56 Å². The first-order valence-corrected chi connectivity index (χ1v) is 9.19. The Labute approximate surface area is 190 Å². The largest absolute Gasteiger partial charge is 0.437 e. The van der Waals surface area contributed by atoms with Crippen LogP contribution in [-0.4, -0.2) is 20.6 Å². The second-order valence-corrected chi connectivity index (χ2v) is 6.74. The maximum atomic E-state index is 14.5. The fourth-order valence-corrected chi connectivity index (χ4v) is 2.99. The maximum Gasteiger partial charge on any atom is 0.416 e. The number of rotatable bonds is 4. The number of ether oxygens (including phenoxy) is 1. The van der Waals surface area contributed by atoms with Crippen LogP contribution in [0.3, 0.4) is 0 Å². The Morgan fingerprint density at radius 2 is 1.85 bits per heavy atom. The summed E-state index contributed by atoms with van der Waals surface area (Å²) in [5.41, 5.74) is 0.0830. The molecule has 0 unspecified atom stereocenters. The molecule has 2 N–H and O–H groups in total. The monoisotopic (exact) mass is 481 g/mol. The Balaban J connectivity index is 0.00000306. The molecule has 0 spiro atoms. The minimum atomic E-state index is -4.55. The van der Waals surface area contributed by atoms with E-state index in [2.05, 4.69) is 20.6 Å². The Bertz CT molecular complexity index is 1310. The molecule has 4 aromatic rings. The first kappa shape index (κ1) is 23.8. The molecule has 0 bridgehead atoms. The number of anilines is 2. The highest BCUT2D eigenvalue weighted by Gasteiger charge is 2.30. The molecule has 2 heterocycles. The second kappa shape index (κ2) is 9.33. The first-order valence-electron chi connectivity index (χ1n) is 9.19. The summed E-state index contributed by atoms with van der Waals surface area (Å²) in [5.74, 6) is -0.448. The van der Waals surface area contributed by atoms with Gasteiger partial charge in [-0.05, 0) is 36.4 Å². The zero-order chi connectivity index (χ0) is 22.9. The van der Waals surface area contributed by atoms with E-state index in [9.17, 15) is 22.4 Å². The summed E-state index contributed by atoms with van der Waals surface area (Å²) >= 11 is 0. The minimum Gasteiger partial charge on any atom is -0.437 e. The van der Waals surface area contributed by atoms with Gasteiger partial charge in [-0.3, -0.25) is 0 Å². The number of nitrogens with zero attached hydrogens (tertiary/aromatic N) is 3. The summed E-state index contributed by atoms with van der Waals surface area (Å²) in [4.78, 5) is 20.3. The van der Waals surface area contributed by atoms with E-state index >= 15 is 0 Å². The van der Waals surface area contributed by atoms with Gasteiger partial charge in [0.05, 0.1) is 16.8 Å². The number of hydrogen-bond donors (Lipinski definition) is 2. The van der Waals surface area contributed by atoms with Gasteiger partial charge in [0.1, 0.15) is 23.4 Å². The summed E-state index contributed by atoms with van der Waals surface area (Å²) in [6.07, 6.45) is -1.45. The summed E-state index contributed by atoms with van der Waals surface area (Å²) in [5, 5.41) is 4.49. The molecule has 0 aliphatic carbocycles. The number of urea groups is 1. The third-order valence-corrected chi connectivity index (χ3v) is 4.48. The van der Waals surface area contributed by atoms with Gasteiger partial charge < -0.3 is 19.9 Å². The van der Waals surface area contributed by atoms with Crippen molar-refractivity contribution in [1.82, 2.24) is 14.5 Å². The van der Waals surface area contributed by atoms with Crippen LogP contribution < -0.4 is 15.4 Å². The van der Waals surface area contributed by atoms with Crippen LogP contribution in [-0.2, 0) is 13.2 Å². The van der Waals surface area contributed by atoms with E-state index in [1.54, 1.807) is 23.9 Å². The predicted molar refractivity (Wildman–Crippen MR) is 116 cm³/mol. The van der Waals surface area contributed by atoms with Crippen molar-refractivity contribution >= 4 is 40.8 Å². The molecule has 0 saturated carbocycles. The average Bonchev–Trinajstić information content (AvgIpc) is 3.11. The van der Waals surface area contributed by atoms with Crippen LogP contribution in [0.5, 0.6) is 11.6 Å². The average molecular weight is 482 g/mol. The molecule has 0 radical (unpaired) electrons. The number of aromatic nitrogens is 3. The molecule has 7 nitrogen and oxygen atoms in total. The van der Waals surface area contributed by atoms with Crippen LogP contribution in [0.4, 0.5) is 33.7 Å². The van der Waals surface area contributed by atoms with Gasteiger partial charge in [0.15, 0.2) is 0 Å². The van der Waals surface area contributed by atoms with Gasteiger partial charge in [0, 0.05) is 25.0 Å². The lowest BCUT2D eigenvalue weighted by molar-refractivity contribution is -0.137. The number of hydrogen-bond acceptors (Lipinski definition) is 4. The Morgan fingerprint density at radius 1 is 1.06 bits per heavy atom. The fraction of sp³-hybridized carbons (Fsp3) is 0.0952. The molecule has 172 valence electrons. The molecular formula is C21H16ClF4N5O2. The van der Waals surface area contributed by atoms with Gasteiger partial charge in [0.2, 0.25) is 5.88 Å². The van der Waals surface area contributed by atoms with Crippen molar-refractivity contribution in [3.8, 4) is 11.6 Å². The van der Waals surface area contributed by atoms with Gasteiger partial charge >= 0.3 is 12.2 Å². The Morgan fingerprint density at radius 3 is 2.58 bits per heavy atom. The maximum absolute atomic E-state index is 14.5. The van der Waals surface area contributed by atoms with Crippen LogP contribution in [0.25, 0.3) is 11.0 Å². The molecule has 0 aliphatic rings. The highest BCUT2D eigenvalue weighted by molar-refractivity contribution is 5.99. The fourth-order valence-electron chi connectivity index (χ4n) is 2.99. The van der Waals surface area contributed by atoms with E-state index in [1.807, 2.05) is 0 Å². The number of benzene rings is 2. The number of fused-ring (bicyclic) bond motifs is 1. The van der Waals surface area contributed by atoms with E-state index in [0.29, 0.717) is 11.0 Å². The van der Waals surface area contributed by atoms with Crippen LogP contribution in [0.2, 0.25) is 0 Å². The van der Waals surface area contributed by atoms with Gasteiger partial charge in [0.25, 0.3) is 0 Å². The molecule has 2 aromatic carbocycles. The van der Waals surface area contributed by atoms with Crippen molar-refractivity contribution in [3.63, 3.8) is 0 Å². The summed E-state index contributed by atoms with van der Waals surface area (Å²) in [7, 11) is 1.79. The third kappa shape index (κ3) is 5.32. The van der Waals surface area contributed by atoms with Crippen LogP contribution in [0.15, 0.2) is 61.1 Å². The first-order chi connectivity index (χ1) is 15.2. The van der Waals surface area contributed by atoms with Crippen molar-refractivity contribution in [1.29, 1.82) is 0 Å². The van der Waals surface area contributed by atoms with E-state index in [1.165, 1.54) is 24.5 Å². The van der Waals surface area contributed by atoms with Crippen LogP contribution >= 0.6 is 12.4 Å². The number of amides is 2. The van der Waals surface area contributed by atoms with Gasteiger partial charge in [-0.25, -0.2) is 14.2 Å². The van der Waals surface area contributed by atoms with Gasteiger partial charge in [-0.2, -0.15) is 18.2 Å². The van der Waals surface area contributed by atoms with Crippen LogP contribution in [0, 0.1) is 5.82 Å². The highest BCUT2D eigenvalue weighted by Crippen LogP contribution is 2.31. The zero-order valence-corrected chi connectivity index (χ0v) is 17.7. The van der Waals surface area contributed by atoms with Gasteiger partial charge in [-0.15, -0.1) is 12.4 Å². The normalized spacial score (nSPS) is 11.1. The van der Waals surface area contributed by atoms with E-state index < -0.39 is 23.6 Å². The lowest BCUT2D eigenvalue weighted by Gasteiger charge is -2.12. The lowest BCUT2D eigenvalue weighted by atomic mass is 10.2. The number of halogens is 5. The molecule has 0 aliphatic heterocycles. The standard InChI is InChI=1S/C21H15F4N5O2.ClH/c1-30-8-7-17-18(30)19(27-11-26-17)32-14-5-6-16(15(22)10-14)29-20(31)28-13-4-2-3-12(9-13)21(23,24)25;/h2-11H,1H3,(H2,28,29,31);1H. The summed E-state index contributed by atoms with van der Waals surface area (Å²) in [6, 6.07) is 8.70. The molecule has 2 aromatic heterocycles. The Kier molecular flexibility index (Phi) is 6.73. The smallest absolute Gasteiger partial charge is 0.416 e. The summed E-state index contributed by atoms with van der Waals surface area (Å²) < 4.78 is 60.3. The zero-order valence-electron chi connectivity index (χ0n) is 16.9. The quantitative estimate of drug-likeness (QED) is 0.351. The van der Waals surface area contributed by atoms with E-state index in [0.717, 1.165) is 24.3 Å². The lowest BCUT2D eigenvalue weighted by Crippen LogP contribution is -2.20.